The van der Waals surface area contributed by atoms with Crippen LogP contribution >= 0.6 is 0 Å². The van der Waals surface area contributed by atoms with Crippen molar-refractivity contribution in [1.82, 2.24) is 8.97 Å². The van der Waals surface area contributed by atoms with Crippen molar-refractivity contribution < 1.29 is 0 Å². The molecule has 0 saturated carbocycles. The van der Waals surface area contributed by atoms with Crippen LogP contribution in [-0.4, -0.2) is 8.97 Å². The summed E-state index contributed by atoms with van der Waals surface area (Å²) in [6.07, 6.45) is 0. The molecule has 4 heteroatoms. The molecule has 0 aliphatic rings. The minimum Gasteiger partial charge on any atom is -0.309 e. The molecule has 0 unspecified atom stereocenters. The van der Waals surface area contributed by atoms with Crippen LogP contribution in [0.15, 0.2) is 121 Å². The van der Waals surface area contributed by atoms with Gasteiger partial charge in [-0.3, -0.25) is 0 Å². The lowest BCUT2D eigenvalue weighted by atomic mass is 9.97. The van der Waals surface area contributed by atoms with E-state index in [-0.39, 0.29) is 0 Å². The minimum atomic E-state index is 0.616. The quantitative estimate of drug-likeness (QED) is 0.223. The summed E-state index contributed by atoms with van der Waals surface area (Å²) in [6, 6.07) is 46.7. The number of hydrogen-bond acceptors (Lipinski definition) is 2. The molecular formula is C38H20N4. The fraction of sp³-hybridized carbons (Fsp3) is 0. The minimum absolute atomic E-state index is 0.616. The fourth-order valence-corrected chi connectivity index (χ4v) is 6.94. The number of rotatable bonds is 2. The molecule has 9 aromatic rings. The van der Waals surface area contributed by atoms with E-state index in [4.69, 9.17) is 0 Å². The molecule has 0 N–H and O–H groups in total. The molecule has 6 aromatic carbocycles. The van der Waals surface area contributed by atoms with Gasteiger partial charge in [-0.15, -0.1) is 0 Å². The third kappa shape index (κ3) is 2.88. The predicted octanol–water partition coefficient (Wildman–Crippen LogP) is 9.34. The second kappa shape index (κ2) is 8.21. The van der Waals surface area contributed by atoms with Crippen molar-refractivity contribution in [2.75, 3.05) is 0 Å². The number of para-hydroxylation sites is 3. The van der Waals surface area contributed by atoms with E-state index in [1.807, 2.05) is 24.3 Å². The molecule has 42 heavy (non-hydrogen) atoms. The molecule has 0 amide bonds. The van der Waals surface area contributed by atoms with Gasteiger partial charge in [0.05, 0.1) is 50.8 Å². The average Bonchev–Trinajstić information content (AvgIpc) is 3.68. The summed E-state index contributed by atoms with van der Waals surface area (Å²) < 4.78 is 4.60. The Bertz CT molecular complexity index is 2540. The maximum absolute atomic E-state index is 9.69. The lowest BCUT2D eigenvalue weighted by Gasteiger charge is -2.12. The van der Waals surface area contributed by atoms with Crippen LogP contribution in [0.3, 0.4) is 0 Å². The van der Waals surface area contributed by atoms with Crippen LogP contribution in [0.1, 0.15) is 11.1 Å². The molecular weight excluding hydrogens is 512 g/mol. The Morgan fingerprint density at radius 1 is 0.452 bits per heavy atom. The van der Waals surface area contributed by atoms with Gasteiger partial charge in [0.25, 0.3) is 0 Å². The fourth-order valence-electron chi connectivity index (χ4n) is 6.94. The van der Waals surface area contributed by atoms with Crippen LogP contribution in [0.25, 0.3) is 76.7 Å². The molecule has 0 aliphatic carbocycles. The van der Waals surface area contributed by atoms with Crippen LogP contribution < -0.4 is 0 Å². The number of benzene rings is 6. The first-order valence-corrected chi connectivity index (χ1v) is 13.9. The van der Waals surface area contributed by atoms with E-state index in [0.29, 0.717) is 11.1 Å². The first-order valence-electron chi connectivity index (χ1n) is 13.9. The average molecular weight is 533 g/mol. The Morgan fingerprint density at radius 3 is 1.71 bits per heavy atom. The van der Waals surface area contributed by atoms with Crippen LogP contribution in [0, 0.1) is 22.7 Å². The summed E-state index contributed by atoms with van der Waals surface area (Å²) in [6.45, 7) is 0. The van der Waals surface area contributed by atoms with Crippen LogP contribution in [0.2, 0.25) is 0 Å². The lowest BCUT2D eigenvalue weighted by molar-refractivity contribution is 1.18. The van der Waals surface area contributed by atoms with Crippen molar-refractivity contribution >= 4 is 59.9 Å². The van der Waals surface area contributed by atoms with Gasteiger partial charge in [0, 0.05) is 43.6 Å². The Morgan fingerprint density at radius 2 is 1.05 bits per heavy atom. The maximum atomic E-state index is 9.69. The zero-order chi connectivity index (χ0) is 27.9. The van der Waals surface area contributed by atoms with Crippen molar-refractivity contribution in [3.05, 3.63) is 132 Å². The first-order chi connectivity index (χ1) is 20.7. The highest BCUT2D eigenvalue weighted by Gasteiger charge is 2.22. The Kier molecular flexibility index (Phi) is 4.43. The number of nitriles is 2. The van der Waals surface area contributed by atoms with Crippen molar-refractivity contribution in [2.24, 2.45) is 0 Å². The number of hydrogen-bond donors (Lipinski definition) is 0. The lowest BCUT2D eigenvalue weighted by Crippen LogP contribution is -1.95. The molecule has 0 aliphatic heterocycles. The van der Waals surface area contributed by atoms with E-state index in [0.717, 1.165) is 54.9 Å². The molecule has 0 radical (unpaired) electrons. The highest BCUT2D eigenvalue weighted by atomic mass is 15.0. The van der Waals surface area contributed by atoms with Gasteiger partial charge in [0.1, 0.15) is 0 Å². The van der Waals surface area contributed by atoms with Gasteiger partial charge in [-0.1, -0.05) is 66.7 Å². The van der Waals surface area contributed by atoms with E-state index >= 15 is 0 Å². The summed E-state index contributed by atoms with van der Waals surface area (Å²) in [4.78, 5) is 0. The van der Waals surface area contributed by atoms with Crippen molar-refractivity contribution in [3.63, 3.8) is 0 Å². The number of nitrogens with zero attached hydrogens (tertiary/aromatic N) is 4. The van der Waals surface area contributed by atoms with Gasteiger partial charge >= 0.3 is 0 Å². The Balaban J connectivity index is 1.47. The van der Waals surface area contributed by atoms with Crippen molar-refractivity contribution in [1.29, 1.82) is 10.5 Å². The van der Waals surface area contributed by atoms with E-state index in [2.05, 4.69) is 118 Å². The number of aromatic nitrogens is 2. The molecule has 9 rings (SSSR count). The van der Waals surface area contributed by atoms with Gasteiger partial charge in [-0.25, -0.2) is 0 Å². The predicted molar refractivity (Wildman–Crippen MR) is 170 cm³/mol. The monoisotopic (exact) mass is 532 g/mol. The first kappa shape index (κ1) is 22.7. The summed E-state index contributed by atoms with van der Waals surface area (Å²) in [5.74, 6) is 0. The maximum Gasteiger partial charge on any atom is 0.0992 e. The van der Waals surface area contributed by atoms with E-state index in [1.54, 1.807) is 0 Å². The molecule has 3 heterocycles. The second-order valence-electron chi connectivity index (χ2n) is 10.8. The normalized spacial score (nSPS) is 11.8. The van der Waals surface area contributed by atoms with Crippen LogP contribution in [0.4, 0.5) is 0 Å². The summed E-state index contributed by atoms with van der Waals surface area (Å²) >= 11 is 0. The molecule has 0 bridgehead atoms. The zero-order valence-electron chi connectivity index (χ0n) is 22.3. The van der Waals surface area contributed by atoms with E-state index in [9.17, 15) is 10.5 Å². The van der Waals surface area contributed by atoms with Crippen LogP contribution in [0.5, 0.6) is 0 Å². The largest absolute Gasteiger partial charge is 0.309 e. The van der Waals surface area contributed by atoms with E-state index in [1.165, 1.54) is 21.8 Å². The van der Waals surface area contributed by atoms with Gasteiger partial charge in [-0.05, 0) is 60.2 Å². The summed E-state index contributed by atoms with van der Waals surface area (Å²) in [7, 11) is 0. The third-order valence-electron chi connectivity index (χ3n) is 8.67. The standard InChI is InChI=1S/C38H20N4/c39-21-23-13-15-29-32-19-25(20-33-30-16-14-24(22-40)18-36(30)42(38(32)33)35(29)17-23)27-10-6-11-31-28-9-4-5-12-34(28)41(37(27)31)26-7-2-1-3-8-26/h1-20H. The molecule has 192 valence electrons. The molecule has 3 aromatic heterocycles. The van der Waals surface area contributed by atoms with Gasteiger partial charge in [-0.2, -0.15) is 10.5 Å². The van der Waals surface area contributed by atoms with Crippen LogP contribution in [-0.2, 0) is 0 Å². The Hall–Kier alpha value is -6.10. The molecule has 0 saturated heterocycles. The van der Waals surface area contributed by atoms with Gasteiger partial charge < -0.3 is 8.97 Å². The highest BCUT2D eigenvalue weighted by Crippen LogP contribution is 2.44. The topological polar surface area (TPSA) is 56.9 Å². The van der Waals surface area contributed by atoms with Crippen molar-refractivity contribution in [3.8, 4) is 29.0 Å². The van der Waals surface area contributed by atoms with Gasteiger partial charge in [0.15, 0.2) is 0 Å². The third-order valence-corrected chi connectivity index (χ3v) is 8.67. The second-order valence-corrected chi connectivity index (χ2v) is 10.8. The SMILES string of the molecule is N#Cc1ccc2c3cc(-c4cccc5c6ccccc6n(-c6ccccc6)c45)cc4c5ccc(C#N)cc5n(c2c1)c34. The molecule has 0 spiro atoms. The zero-order valence-corrected chi connectivity index (χ0v) is 22.3. The smallest absolute Gasteiger partial charge is 0.0992 e. The summed E-state index contributed by atoms with van der Waals surface area (Å²) in [5.41, 5.74) is 10.1. The number of fused-ring (bicyclic) bond motifs is 9. The molecule has 4 nitrogen and oxygen atoms in total. The Labute approximate surface area is 240 Å². The molecule has 0 fully saturated rings. The summed E-state index contributed by atoms with van der Waals surface area (Å²) in [5, 5.41) is 26.3. The van der Waals surface area contributed by atoms with E-state index < -0.39 is 0 Å². The van der Waals surface area contributed by atoms with Gasteiger partial charge in [0.2, 0.25) is 0 Å². The van der Waals surface area contributed by atoms with Crippen molar-refractivity contribution in [2.45, 2.75) is 0 Å². The molecule has 0 atom stereocenters. The highest BCUT2D eigenvalue weighted by molar-refractivity contribution is 6.25.